The normalized spacial score (nSPS) is 10.5. The summed E-state index contributed by atoms with van der Waals surface area (Å²) >= 11 is -2.45. The summed E-state index contributed by atoms with van der Waals surface area (Å²) in [6, 6.07) is 20.6. The first-order chi connectivity index (χ1) is 9.18. The molecule has 97 valence electrons. The molecule has 0 aliphatic rings. The van der Waals surface area contributed by atoms with Gasteiger partial charge in [0.1, 0.15) is 0 Å². The molecule has 0 saturated carbocycles. The zero-order valence-corrected chi connectivity index (χ0v) is 13.8. The van der Waals surface area contributed by atoms with Crippen LogP contribution in [0.1, 0.15) is 0 Å². The SMILES string of the molecule is CN(C)C[C](=O)[Zr]([c]1ccccc1)[c]1ccccc1. The van der Waals surface area contributed by atoms with E-state index in [1.807, 2.05) is 55.4 Å². The molecule has 0 aliphatic carbocycles. The monoisotopic (exact) mass is 330 g/mol. The minimum atomic E-state index is -2.45. The van der Waals surface area contributed by atoms with E-state index in [-0.39, 0.29) is 0 Å². The van der Waals surface area contributed by atoms with Gasteiger partial charge >= 0.3 is 123 Å². The summed E-state index contributed by atoms with van der Waals surface area (Å²) < 4.78 is 2.93. The van der Waals surface area contributed by atoms with Crippen LogP contribution in [0.15, 0.2) is 60.7 Å². The van der Waals surface area contributed by atoms with Gasteiger partial charge in [-0.3, -0.25) is 0 Å². The van der Waals surface area contributed by atoms with E-state index in [1.165, 1.54) is 6.54 Å². The first-order valence-corrected chi connectivity index (χ1v) is 10.0. The third kappa shape index (κ3) is 3.96. The Hall–Kier alpha value is -1.05. The fraction of sp³-hybridized carbons (Fsp3) is 0.188. The summed E-state index contributed by atoms with van der Waals surface area (Å²) in [4.78, 5) is 14.6. The second-order valence-corrected chi connectivity index (χ2v) is 10.8. The molecule has 0 amide bonds. The Morgan fingerprint density at radius 3 is 1.68 bits per heavy atom. The summed E-state index contributed by atoms with van der Waals surface area (Å²) in [7, 11) is 3.91. The zero-order valence-electron chi connectivity index (χ0n) is 11.3. The van der Waals surface area contributed by atoms with Crippen LogP contribution in [0.5, 0.6) is 0 Å². The molecule has 0 atom stereocenters. The van der Waals surface area contributed by atoms with Gasteiger partial charge in [-0.2, -0.15) is 0 Å². The van der Waals surface area contributed by atoms with E-state index in [9.17, 15) is 4.79 Å². The van der Waals surface area contributed by atoms with E-state index >= 15 is 0 Å². The molecule has 2 rings (SSSR count). The molecule has 3 heteroatoms. The van der Waals surface area contributed by atoms with Gasteiger partial charge in [-0.1, -0.05) is 0 Å². The van der Waals surface area contributed by atoms with Crippen molar-refractivity contribution in [3.63, 3.8) is 0 Å². The van der Waals surface area contributed by atoms with Crippen molar-refractivity contribution >= 4 is 10.0 Å². The number of carbonyl (C=O) groups is 1. The van der Waals surface area contributed by atoms with Gasteiger partial charge < -0.3 is 0 Å². The van der Waals surface area contributed by atoms with E-state index in [1.54, 1.807) is 0 Å². The van der Waals surface area contributed by atoms with E-state index in [0.29, 0.717) is 10.0 Å². The first-order valence-electron chi connectivity index (χ1n) is 6.34. The standard InChI is InChI=1S/2C6H5.C4H8NO.Zr/c2*1-2-4-6-5-3-1;1-5(2)3-4-6;/h2*1-5H;3H2,1-2H3;. The molecular weight excluding hydrogens is 313 g/mol. The second kappa shape index (κ2) is 6.93. The molecule has 19 heavy (non-hydrogen) atoms. The maximum atomic E-state index is 12.6. The molecule has 0 aromatic heterocycles. The van der Waals surface area contributed by atoms with Crippen molar-refractivity contribution in [3.05, 3.63) is 60.7 Å². The number of rotatable bonds is 5. The molecule has 0 fully saturated rings. The van der Waals surface area contributed by atoms with Crippen molar-refractivity contribution in [2.24, 2.45) is 0 Å². The van der Waals surface area contributed by atoms with Gasteiger partial charge in [-0.25, -0.2) is 0 Å². The number of likely N-dealkylation sites (N-methyl/N-ethyl adjacent to an activating group) is 1. The van der Waals surface area contributed by atoms with Crippen LogP contribution in [0.2, 0.25) is 0 Å². The molecular formula is C16H18NOZr. The number of carbonyl (C=O) groups excluding carboxylic acids is 1. The van der Waals surface area contributed by atoms with Crippen LogP contribution in [0.4, 0.5) is 0 Å². The van der Waals surface area contributed by atoms with Crippen LogP contribution < -0.4 is 6.54 Å². The fourth-order valence-electron chi connectivity index (χ4n) is 2.06. The van der Waals surface area contributed by atoms with Gasteiger partial charge in [0.15, 0.2) is 0 Å². The molecule has 0 bridgehead atoms. The molecule has 0 spiro atoms. The summed E-state index contributed by atoms with van der Waals surface area (Å²) in [6.07, 6.45) is 0. The van der Waals surface area contributed by atoms with Gasteiger partial charge in [0.25, 0.3) is 0 Å². The topological polar surface area (TPSA) is 20.3 Å². The number of hydrogen-bond donors (Lipinski definition) is 0. The maximum absolute atomic E-state index is 12.6. The Labute approximate surface area is 122 Å². The number of benzene rings is 2. The van der Waals surface area contributed by atoms with E-state index in [2.05, 4.69) is 24.3 Å². The molecule has 2 aromatic rings. The van der Waals surface area contributed by atoms with Crippen LogP contribution in [-0.2, 0) is 26.5 Å². The third-order valence-electron chi connectivity index (χ3n) is 2.86. The van der Waals surface area contributed by atoms with Gasteiger partial charge in [0, 0.05) is 0 Å². The Balaban J connectivity index is 2.37. The fourth-order valence-corrected chi connectivity index (χ4v) is 8.22. The predicted molar refractivity (Wildman–Crippen MR) is 75.7 cm³/mol. The molecule has 0 heterocycles. The van der Waals surface area contributed by atoms with Crippen molar-refractivity contribution in [1.82, 2.24) is 4.90 Å². The Bertz CT molecular complexity index is 485. The summed E-state index contributed by atoms with van der Waals surface area (Å²) in [6.45, 7) is 0.540. The first kappa shape index (κ1) is 14.4. The summed E-state index contributed by atoms with van der Waals surface area (Å²) in [5.74, 6) is 0. The predicted octanol–water partition coefficient (Wildman–Crippen LogP) is 1.34. The van der Waals surface area contributed by atoms with E-state index in [4.69, 9.17) is 0 Å². The van der Waals surface area contributed by atoms with Crippen molar-refractivity contribution in [3.8, 4) is 0 Å². The Morgan fingerprint density at radius 2 is 1.32 bits per heavy atom. The molecule has 0 saturated heterocycles. The van der Waals surface area contributed by atoms with Crippen LogP contribution in [0, 0.1) is 0 Å². The number of hydrogen-bond acceptors (Lipinski definition) is 2. The Morgan fingerprint density at radius 1 is 0.895 bits per heavy atom. The molecule has 0 N–H and O–H groups in total. The zero-order chi connectivity index (χ0) is 13.7. The van der Waals surface area contributed by atoms with Crippen molar-refractivity contribution < 1.29 is 26.5 Å². The van der Waals surface area contributed by atoms with Crippen LogP contribution in [-0.4, -0.2) is 29.0 Å². The molecule has 0 radical (unpaired) electrons. The van der Waals surface area contributed by atoms with Crippen LogP contribution in [0.25, 0.3) is 0 Å². The van der Waals surface area contributed by atoms with Crippen LogP contribution >= 0.6 is 0 Å². The van der Waals surface area contributed by atoms with Crippen molar-refractivity contribution in [2.45, 2.75) is 0 Å². The minimum absolute atomic E-state index is 0.421. The average Bonchev–Trinajstić information content (AvgIpc) is 2.40. The second-order valence-electron chi connectivity index (χ2n) is 4.77. The molecule has 0 aliphatic heterocycles. The molecule has 2 aromatic carbocycles. The van der Waals surface area contributed by atoms with Gasteiger partial charge in [0.05, 0.1) is 0 Å². The Kier molecular flexibility index (Phi) is 5.24. The van der Waals surface area contributed by atoms with Crippen molar-refractivity contribution in [2.75, 3.05) is 20.6 Å². The van der Waals surface area contributed by atoms with E-state index in [0.717, 1.165) is 0 Å². The summed E-state index contributed by atoms with van der Waals surface area (Å²) in [5.41, 5.74) is 0. The van der Waals surface area contributed by atoms with Crippen LogP contribution in [0.3, 0.4) is 0 Å². The number of nitrogens with zero attached hydrogens (tertiary/aromatic N) is 1. The van der Waals surface area contributed by atoms with Gasteiger partial charge in [0.2, 0.25) is 0 Å². The molecule has 2 nitrogen and oxygen atoms in total. The van der Waals surface area contributed by atoms with Gasteiger partial charge in [-0.05, 0) is 0 Å². The van der Waals surface area contributed by atoms with Crippen molar-refractivity contribution in [1.29, 1.82) is 0 Å². The van der Waals surface area contributed by atoms with E-state index < -0.39 is 21.8 Å². The summed E-state index contributed by atoms with van der Waals surface area (Å²) in [5, 5.41) is 0. The average molecular weight is 332 g/mol. The van der Waals surface area contributed by atoms with Gasteiger partial charge in [-0.15, -0.1) is 0 Å². The quantitative estimate of drug-likeness (QED) is 0.824. The third-order valence-corrected chi connectivity index (χ3v) is 9.10. The molecule has 0 unspecified atom stereocenters.